The van der Waals surface area contributed by atoms with Crippen molar-refractivity contribution in [2.24, 2.45) is 0 Å². The molecule has 5 nitrogen and oxygen atoms in total. The number of furan rings is 1. The number of carbonyl (C=O) groups is 1. The smallest absolute Gasteiger partial charge is 0.248 e. The van der Waals surface area contributed by atoms with Gasteiger partial charge in [-0.05, 0) is 36.4 Å². The van der Waals surface area contributed by atoms with Crippen LogP contribution in [0.4, 0.5) is 5.69 Å². The van der Waals surface area contributed by atoms with Crippen molar-refractivity contribution in [2.45, 2.75) is 4.90 Å². The Morgan fingerprint density at radius 3 is 2.62 bits per heavy atom. The van der Waals surface area contributed by atoms with E-state index in [9.17, 15) is 13.2 Å². The van der Waals surface area contributed by atoms with E-state index in [1.54, 1.807) is 18.2 Å². The van der Waals surface area contributed by atoms with Crippen LogP contribution in [0.15, 0.2) is 70.0 Å². The molecule has 0 atom stereocenters. The third-order valence-corrected chi connectivity index (χ3v) is 4.48. The minimum Gasteiger partial charge on any atom is -0.457 e. The molecule has 0 saturated carbocycles. The van der Waals surface area contributed by atoms with Gasteiger partial charge in [0.25, 0.3) is 0 Å². The summed E-state index contributed by atoms with van der Waals surface area (Å²) in [6.07, 6.45) is 4.02. The van der Waals surface area contributed by atoms with Crippen LogP contribution in [0.3, 0.4) is 0 Å². The first-order valence-corrected chi connectivity index (χ1v) is 9.09. The van der Waals surface area contributed by atoms with Crippen LogP contribution in [0, 0.1) is 0 Å². The molecule has 1 heterocycles. The number of hydrogen-bond donors (Lipinski definition) is 1. The maximum absolute atomic E-state index is 12.0. The fraction of sp³-hybridized carbons (Fsp3) is 0.0556. The second kappa shape index (κ2) is 6.33. The van der Waals surface area contributed by atoms with Crippen molar-refractivity contribution in [1.29, 1.82) is 0 Å². The van der Waals surface area contributed by atoms with Gasteiger partial charge in [0.1, 0.15) is 11.3 Å². The van der Waals surface area contributed by atoms with Gasteiger partial charge in [0.2, 0.25) is 5.91 Å². The summed E-state index contributed by atoms with van der Waals surface area (Å²) < 4.78 is 28.6. The lowest BCUT2D eigenvalue weighted by Crippen LogP contribution is -2.08. The van der Waals surface area contributed by atoms with Crippen LogP contribution in [0.25, 0.3) is 17.0 Å². The van der Waals surface area contributed by atoms with Crippen LogP contribution in [0.2, 0.25) is 0 Å². The summed E-state index contributed by atoms with van der Waals surface area (Å²) in [5.74, 6) is 0.192. The van der Waals surface area contributed by atoms with Crippen LogP contribution in [-0.4, -0.2) is 20.6 Å². The van der Waals surface area contributed by atoms with Gasteiger partial charge in [0.15, 0.2) is 9.84 Å². The molecule has 0 radical (unpaired) electrons. The van der Waals surface area contributed by atoms with Crippen molar-refractivity contribution in [1.82, 2.24) is 0 Å². The van der Waals surface area contributed by atoms with Gasteiger partial charge in [0.05, 0.1) is 4.90 Å². The van der Waals surface area contributed by atoms with Gasteiger partial charge < -0.3 is 9.73 Å². The van der Waals surface area contributed by atoms with Gasteiger partial charge in [-0.3, -0.25) is 4.79 Å². The summed E-state index contributed by atoms with van der Waals surface area (Å²) in [6.45, 7) is 0. The van der Waals surface area contributed by atoms with E-state index >= 15 is 0 Å². The average Bonchev–Trinajstić information content (AvgIpc) is 2.95. The third-order valence-electron chi connectivity index (χ3n) is 3.37. The second-order valence-corrected chi connectivity index (χ2v) is 7.32. The lowest BCUT2D eigenvalue weighted by molar-refractivity contribution is -0.111. The van der Waals surface area contributed by atoms with E-state index in [-0.39, 0.29) is 10.8 Å². The average molecular weight is 341 g/mol. The van der Waals surface area contributed by atoms with Crippen LogP contribution in [-0.2, 0) is 14.6 Å². The van der Waals surface area contributed by atoms with Crippen molar-refractivity contribution < 1.29 is 17.6 Å². The number of rotatable bonds is 4. The van der Waals surface area contributed by atoms with Gasteiger partial charge in [-0.2, -0.15) is 0 Å². The highest BCUT2D eigenvalue weighted by atomic mass is 32.2. The fourth-order valence-corrected chi connectivity index (χ4v) is 2.90. The standard InChI is InChI=1S/C18H15NO4S/c1-24(21,22)16-7-4-6-14(12-16)19-18(20)10-9-15-11-13-5-2-3-8-17(13)23-15/h2-12H,1H3,(H,19,20). The van der Waals surface area contributed by atoms with E-state index in [2.05, 4.69) is 5.32 Å². The van der Waals surface area contributed by atoms with Crippen LogP contribution < -0.4 is 5.32 Å². The first kappa shape index (κ1) is 16.0. The predicted octanol–water partition coefficient (Wildman–Crippen LogP) is 3.49. The predicted molar refractivity (Wildman–Crippen MR) is 93.4 cm³/mol. The number of hydrogen-bond acceptors (Lipinski definition) is 4. The Hall–Kier alpha value is -2.86. The molecule has 1 amide bonds. The summed E-state index contributed by atoms with van der Waals surface area (Å²) in [7, 11) is -3.32. The Kier molecular flexibility index (Phi) is 4.22. The molecule has 24 heavy (non-hydrogen) atoms. The number of amides is 1. The number of para-hydroxylation sites is 1. The number of sulfone groups is 1. The normalized spacial score (nSPS) is 11.9. The quantitative estimate of drug-likeness (QED) is 0.737. The number of nitrogens with one attached hydrogen (secondary N) is 1. The zero-order valence-corrected chi connectivity index (χ0v) is 13.7. The summed E-state index contributed by atoms with van der Waals surface area (Å²) in [4.78, 5) is 12.1. The summed E-state index contributed by atoms with van der Waals surface area (Å²) in [5, 5.41) is 3.58. The maximum atomic E-state index is 12.0. The number of fused-ring (bicyclic) bond motifs is 1. The second-order valence-electron chi connectivity index (χ2n) is 5.31. The molecule has 0 aliphatic heterocycles. The molecular weight excluding hydrogens is 326 g/mol. The largest absolute Gasteiger partial charge is 0.457 e. The number of anilines is 1. The van der Waals surface area contributed by atoms with Crippen molar-refractivity contribution in [3.63, 3.8) is 0 Å². The molecule has 2 aromatic carbocycles. The monoisotopic (exact) mass is 341 g/mol. The summed E-state index contributed by atoms with van der Waals surface area (Å²) >= 11 is 0. The lowest BCUT2D eigenvalue weighted by Gasteiger charge is -2.04. The molecule has 0 fully saturated rings. The Labute approximate surface area is 139 Å². The van der Waals surface area contributed by atoms with E-state index in [4.69, 9.17) is 4.42 Å². The molecule has 122 valence electrons. The van der Waals surface area contributed by atoms with E-state index in [0.29, 0.717) is 11.4 Å². The summed E-state index contributed by atoms with van der Waals surface area (Å²) in [5.41, 5.74) is 1.16. The van der Waals surface area contributed by atoms with Crippen LogP contribution in [0.1, 0.15) is 5.76 Å². The SMILES string of the molecule is CS(=O)(=O)c1cccc(NC(=O)C=Cc2cc3ccccc3o2)c1. The van der Waals surface area contributed by atoms with E-state index in [0.717, 1.165) is 17.2 Å². The molecule has 0 unspecified atom stereocenters. The molecule has 1 aromatic heterocycles. The van der Waals surface area contributed by atoms with Crippen molar-refractivity contribution in [2.75, 3.05) is 11.6 Å². The first-order valence-electron chi connectivity index (χ1n) is 7.19. The highest BCUT2D eigenvalue weighted by molar-refractivity contribution is 7.90. The fourth-order valence-electron chi connectivity index (χ4n) is 2.23. The zero-order valence-electron chi connectivity index (χ0n) is 12.9. The molecule has 0 bridgehead atoms. The molecule has 0 aliphatic rings. The van der Waals surface area contributed by atoms with Gasteiger partial charge in [-0.25, -0.2) is 8.42 Å². The number of benzene rings is 2. The molecule has 3 rings (SSSR count). The van der Waals surface area contributed by atoms with Crippen molar-refractivity contribution in [3.8, 4) is 0 Å². The van der Waals surface area contributed by atoms with Crippen molar-refractivity contribution >= 4 is 38.5 Å². The highest BCUT2D eigenvalue weighted by Crippen LogP contribution is 2.20. The van der Waals surface area contributed by atoms with E-state index in [1.807, 2.05) is 30.3 Å². The van der Waals surface area contributed by atoms with E-state index < -0.39 is 9.84 Å². The molecule has 0 saturated heterocycles. The van der Waals surface area contributed by atoms with Crippen LogP contribution >= 0.6 is 0 Å². The van der Waals surface area contributed by atoms with Gasteiger partial charge in [-0.15, -0.1) is 0 Å². The zero-order chi connectivity index (χ0) is 17.2. The molecule has 6 heteroatoms. The molecule has 0 aliphatic carbocycles. The Morgan fingerprint density at radius 1 is 1.08 bits per heavy atom. The molecule has 1 N–H and O–H groups in total. The number of carbonyl (C=O) groups excluding carboxylic acids is 1. The lowest BCUT2D eigenvalue weighted by atomic mass is 10.2. The highest BCUT2D eigenvalue weighted by Gasteiger charge is 2.08. The summed E-state index contributed by atoms with van der Waals surface area (Å²) in [6, 6.07) is 15.5. The Bertz CT molecular complexity index is 999. The van der Waals surface area contributed by atoms with E-state index in [1.165, 1.54) is 18.2 Å². The molecular formula is C18H15NO4S. The van der Waals surface area contributed by atoms with Crippen LogP contribution in [0.5, 0.6) is 0 Å². The van der Waals surface area contributed by atoms with Gasteiger partial charge >= 0.3 is 0 Å². The minimum atomic E-state index is -3.32. The molecule has 3 aromatic rings. The van der Waals surface area contributed by atoms with Gasteiger partial charge in [-0.1, -0.05) is 24.3 Å². The van der Waals surface area contributed by atoms with Crippen molar-refractivity contribution in [3.05, 3.63) is 66.4 Å². The van der Waals surface area contributed by atoms with Gasteiger partial charge in [0, 0.05) is 23.4 Å². The maximum Gasteiger partial charge on any atom is 0.248 e. The third kappa shape index (κ3) is 3.72. The Balaban J connectivity index is 1.73. The first-order chi connectivity index (χ1) is 11.4. The topological polar surface area (TPSA) is 76.4 Å². The minimum absolute atomic E-state index is 0.154. The Morgan fingerprint density at radius 2 is 1.88 bits per heavy atom. The molecule has 0 spiro atoms.